The molecule has 0 unspecified atom stereocenters. The van der Waals surface area contributed by atoms with E-state index in [9.17, 15) is 13.6 Å². The van der Waals surface area contributed by atoms with E-state index in [0.29, 0.717) is 24.2 Å². The van der Waals surface area contributed by atoms with Gasteiger partial charge in [-0.25, -0.2) is 0 Å². The van der Waals surface area contributed by atoms with Gasteiger partial charge in [-0.15, -0.1) is 0 Å². The van der Waals surface area contributed by atoms with Crippen molar-refractivity contribution in [2.24, 2.45) is 0 Å². The number of nitrogens with zero attached hydrogens (tertiary/aromatic N) is 2. The SMILES string of the molecule is Cc1ccc(OC(F)F)c(CN2C(=O)COC23CCNCC3)n1. The molecule has 0 atom stereocenters. The van der Waals surface area contributed by atoms with Gasteiger partial charge in [-0.2, -0.15) is 8.78 Å². The molecule has 2 aliphatic heterocycles. The number of aryl methyl sites for hydroxylation is 1. The number of hydrogen-bond donors (Lipinski definition) is 1. The number of piperidine rings is 1. The number of rotatable bonds is 4. The lowest BCUT2D eigenvalue weighted by Crippen LogP contribution is -2.52. The Morgan fingerprint density at radius 3 is 2.87 bits per heavy atom. The van der Waals surface area contributed by atoms with Gasteiger partial charge in [0.05, 0.1) is 6.54 Å². The second-order valence-electron chi connectivity index (χ2n) is 5.74. The Labute approximate surface area is 132 Å². The highest BCUT2D eigenvalue weighted by Gasteiger charge is 2.47. The summed E-state index contributed by atoms with van der Waals surface area (Å²) in [6, 6.07) is 3.06. The van der Waals surface area contributed by atoms with Gasteiger partial charge in [-0.05, 0) is 32.1 Å². The number of halogens is 2. The first-order valence-electron chi connectivity index (χ1n) is 7.57. The van der Waals surface area contributed by atoms with Crippen LogP contribution in [-0.4, -0.2) is 47.8 Å². The standard InChI is InChI=1S/C15H19F2N3O3/c1-10-2-3-12(23-14(16)17)11(19-10)8-20-13(21)9-22-15(20)4-6-18-7-5-15/h2-3,14,18H,4-9H2,1H3. The van der Waals surface area contributed by atoms with E-state index >= 15 is 0 Å². The lowest BCUT2D eigenvalue weighted by atomic mass is 10.00. The average Bonchev–Trinajstić information content (AvgIpc) is 2.80. The van der Waals surface area contributed by atoms with Gasteiger partial charge in [0.2, 0.25) is 0 Å². The summed E-state index contributed by atoms with van der Waals surface area (Å²) in [7, 11) is 0. The Kier molecular flexibility index (Phi) is 4.45. The average molecular weight is 327 g/mol. The zero-order valence-electron chi connectivity index (χ0n) is 12.8. The Morgan fingerprint density at radius 1 is 1.43 bits per heavy atom. The number of hydrogen-bond acceptors (Lipinski definition) is 5. The maximum absolute atomic E-state index is 12.6. The molecule has 1 aromatic heterocycles. The summed E-state index contributed by atoms with van der Waals surface area (Å²) < 4.78 is 35.4. The van der Waals surface area contributed by atoms with Gasteiger partial charge in [0, 0.05) is 18.5 Å². The van der Waals surface area contributed by atoms with E-state index in [4.69, 9.17) is 4.74 Å². The van der Waals surface area contributed by atoms with Crippen molar-refractivity contribution in [2.75, 3.05) is 19.7 Å². The molecule has 1 spiro atoms. The first-order valence-corrected chi connectivity index (χ1v) is 7.57. The van der Waals surface area contributed by atoms with E-state index in [-0.39, 0.29) is 24.8 Å². The molecule has 0 aliphatic carbocycles. The monoisotopic (exact) mass is 327 g/mol. The van der Waals surface area contributed by atoms with Crippen LogP contribution in [0, 0.1) is 6.92 Å². The van der Waals surface area contributed by atoms with Crippen molar-refractivity contribution in [1.82, 2.24) is 15.2 Å². The number of ether oxygens (including phenoxy) is 2. The highest BCUT2D eigenvalue weighted by Crippen LogP contribution is 2.35. The van der Waals surface area contributed by atoms with Gasteiger partial charge in [0.15, 0.2) is 0 Å². The zero-order chi connectivity index (χ0) is 16.4. The van der Waals surface area contributed by atoms with Crippen molar-refractivity contribution >= 4 is 5.91 Å². The molecule has 0 bridgehead atoms. The van der Waals surface area contributed by atoms with Crippen molar-refractivity contribution in [2.45, 2.75) is 38.6 Å². The fraction of sp³-hybridized carbons (Fsp3) is 0.600. The van der Waals surface area contributed by atoms with Crippen molar-refractivity contribution in [3.63, 3.8) is 0 Å². The van der Waals surface area contributed by atoms with Crippen LogP contribution in [0.25, 0.3) is 0 Å². The molecule has 1 amide bonds. The maximum Gasteiger partial charge on any atom is 0.387 e. The Balaban J connectivity index is 1.87. The number of carbonyl (C=O) groups excluding carboxylic acids is 1. The number of pyridine rings is 1. The molecule has 3 rings (SSSR count). The van der Waals surface area contributed by atoms with Crippen LogP contribution in [0.2, 0.25) is 0 Å². The van der Waals surface area contributed by atoms with Crippen molar-refractivity contribution in [1.29, 1.82) is 0 Å². The van der Waals surface area contributed by atoms with E-state index in [0.717, 1.165) is 13.1 Å². The Morgan fingerprint density at radius 2 is 2.17 bits per heavy atom. The van der Waals surface area contributed by atoms with Crippen molar-refractivity contribution < 1.29 is 23.0 Å². The van der Waals surface area contributed by atoms with Gasteiger partial charge in [-0.3, -0.25) is 9.78 Å². The van der Waals surface area contributed by atoms with Crippen LogP contribution in [0.5, 0.6) is 5.75 Å². The molecule has 8 heteroatoms. The molecule has 1 N–H and O–H groups in total. The lowest BCUT2D eigenvalue weighted by molar-refractivity contribution is -0.138. The molecule has 1 aromatic rings. The number of carbonyl (C=O) groups is 1. The van der Waals surface area contributed by atoms with Crippen LogP contribution in [0.4, 0.5) is 8.78 Å². The summed E-state index contributed by atoms with van der Waals surface area (Å²) in [6.45, 7) is 0.422. The third-order valence-electron chi connectivity index (χ3n) is 4.24. The second-order valence-corrected chi connectivity index (χ2v) is 5.74. The maximum atomic E-state index is 12.6. The molecule has 23 heavy (non-hydrogen) atoms. The summed E-state index contributed by atoms with van der Waals surface area (Å²) in [4.78, 5) is 18.1. The number of nitrogens with one attached hydrogen (secondary N) is 1. The highest BCUT2D eigenvalue weighted by atomic mass is 19.3. The van der Waals surface area contributed by atoms with Gasteiger partial charge in [-0.1, -0.05) is 0 Å². The van der Waals surface area contributed by atoms with Gasteiger partial charge >= 0.3 is 6.61 Å². The van der Waals surface area contributed by atoms with E-state index in [1.807, 2.05) is 0 Å². The molecule has 0 saturated carbocycles. The summed E-state index contributed by atoms with van der Waals surface area (Å²) in [5.74, 6) is -0.160. The Hall–Kier alpha value is -1.80. The zero-order valence-corrected chi connectivity index (χ0v) is 12.8. The topological polar surface area (TPSA) is 63.7 Å². The fourth-order valence-corrected chi connectivity index (χ4v) is 3.11. The predicted octanol–water partition coefficient (Wildman–Crippen LogP) is 1.43. The van der Waals surface area contributed by atoms with Crippen LogP contribution < -0.4 is 10.1 Å². The first kappa shape index (κ1) is 16.1. The molecule has 2 aliphatic rings. The third-order valence-corrected chi connectivity index (χ3v) is 4.24. The number of amides is 1. The first-order chi connectivity index (χ1) is 11.0. The van der Waals surface area contributed by atoms with E-state index < -0.39 is 12.3 Å². The third kappa shape index (κ3) is 3.28. The van der Waals surface area contributed by atoms with Crippen molar-refractivity contribution in [3.05, 3.63) is 23.5 Å². The quantitative estimate of drug-likeness (QED) is 0.906. The molecule has 0 radical (unpaired) electrons. The van der Waals surface area contributed by atoms with Crippen LogP contribution >= 0.6 is 0 Å². The van der Waals surface area contributed by atoms with E-state index in [1.165, 1.54) is 6.07 Å². The predicted molar refractivity (Wildman–Crippen MR) is 76.9 cm³/mol. The second kappa shape index (κ2) is 6.37. The normalized spacial score (nSPS) is 20.5. The Bertz CT molecular complexity index is 591. The van der Waals surface area contributed by atoms with E-state index in [1.54, 1.807) is 17.9 Å². The fourth-order valence-electron chi connectivity index (χ4n) is 3.11. The van der Waals surface area contributed by atoms with Gasteiger partial charge in [0.1, 0.15) is 23.8 Å². The van der Waals surface area contributed by atoms with Crippen molar-refractivity contribution in [3.8, 4) is 5.75 Å². The largest absolute Gasteiger partial charge is 0.433 e. The van der Waals surface area contributed by atoms with Gasteiger partial charge in [0.25, 0.3) is 5.91 Å². The minimum atomic E-state index is -2.93. The molecule has 2 saturated heterocycles. The summed E-state index contributed by atoms with van der Waals surface area (Å²) in [5, 5.41) is 3.22. The smallest absolute Gasteiger partial charge is 0.387 e. The van der Waals surface area contributed by atoms with Crippen LogP contribution in [0.15, 0.2) is 12.1 Å². The molecule has 126 valence electrons. The van der Waals surface area contributed by atoms with Crippen LogP contribution in [-0.2, 0) is 16.1 Å². The molecular weight excluding hydrogens is 308 g/mol. The lowest BCUT2D eigenvalue weighted by Gasteiger charge is -2.40. The number of alkyl halides is 2. The minimum Gasteiger partial charge on any atom is -0.433 e. The van der Waals surface area contributed by atoms with E-state index in [2.05, 4.69) is 15.0 Å². The minimum absolute atomic E-state index is 0.00520. The van der Waals surface area contributed by atoms with Crippen LogP contribution in [0.1, 0.15) is 24.2 Å². The molecule has 0 aromatic carbocycles. The van der Waals surface area contributed by atoms with Gasteiger partial charge < -0.3 is 19.7 Å². The molecule has 2 fully saturated rings. The molecular formula is C15H19F2N3O3. The summed E-state index contributed by atoms with van der Waals surface area (Å²) in [6.07, 6.45) is 1.32. The number of aromatic nitrogens is 1. The molecule has 6 nitrogen and oxygen atoms in total. The summed E-state index contributed by atoms with van der Waals surface area (Å²) in [5.41, 5.74) is 0.325. The van der Waals surface area contributed by atoms with Crippen LogP contribution in [0.3, 0.4) is 0 Å². The summed E-state index contributed by atoms with van der Waals surface area (Å²) >= 11 is 0. The molecule has 3 heterocycles. The highest BCUT2D eigenvalue weighted by molar-refractivity contribution is 5.80.